The van der Waals surface area contributed by atoms with E-state index < -0.39 is 0 Å². The van der Waals surface area contributed by atoms with Crippen molar-refractivity contribution in [2.75, 3.05) is 13.1 Å². The normalized spacial score (nSPS) is 24.6. The lowest BCUT2D eigenvalue weighted by Gasteiger charge is -2.35. The molecule has 1 saturated carbocycles. The van der Waals surface area contributed by atoms with Gasteiger partial charge in [-0.1, -0.05) is 6.92 Å². The molecule has 0 saturated heterocycles. The second-order valence-corrected chi connectivity index (χ2v) is 5.76. The van der Waals surface area contributed by atoms with Crippen molar-refractivity contribution < 1.29 is 4.79 Å². The fraction of sp³-hybridized carbons (Fsp3) is 0.929. The maximum atomic E-state index is 11.9. The van der Waals surface area contributed by atoms with Crippen LogP contribution < -0.4 is 11.1 Å². The summed E-state index contributed by atoms with van der Waals surface area (Å²) in [5.41, 5.74) is 5.94. The highest BCUT2D eigenvalue weighted by Crippen LogP contribution is 2.22. The van der Waals surface area contributed by atoms with Crippen molar-refractivity contribution >= 4 is 5.91 Å². The van der Waals surface area contributed by atoms with E-state index in [1.165, 1.54) is 0 Å². The molecule has 1 rings (SSSR count). The first-order valence-electron chi connectivity index (χ1n) is 7.32. The van der Waals surface area contributed by atoms with Crippen LogP contribution in [0.2, 0.25) is 0 Å². The van der Waals surface area contributed by atoms with E-state index in [1.807, 2.05) is 13.8 Å². The third-order valence-corrected chi connectivity index (χ3v) is 3.56. The Morgan fingerprint density at radius 3 is 2.44 bits per heavy atom. The average molecular weight is 255 g/mol. The van der Waals surface area contributed by atoms with Crippen molar-refractivity contribution in [1.29, 1.82) is 0 Å². The maximum absolute atomic E-state index is 11.9. The smallest absolute Gasteiger partial charge is 0.234 e. The molecule has 0 aromatic rings. The van der Waals surface area contributed by atoms with Crippen LogP contribution >= 0.6 is 0 Å². The second-order valence-electron chi connectivity index (χ2n) is 5.76. The molecule has 0 radical (unpaired) electrons. The minimum atomic E-state index is 0.147. The van der Waals surface area contributed by atoms with Crippen LogP contribution in [-0.4, -0.2) is 42.0 Å². The van der Waals surface area contributed by atoms with Crippen LogP contribution in [0.5, 0.6) is 0 Å². The number of rotatable bonds is 6. The minimum absolute atomic E-state index is 0.147. The van der Waals surface area contributed by atoms with Crippen LogP contribution in [0, 0.1) is 0 Å². The molecule has 0 bridgehead atoms. The molecule has 0 spiro atoms. The molecule has 1 amide bonds. The van der Waals surface area contributed by atoms with Gasteiger partial charge in [0.05, 0.1) is 6.54 Å². The van der Waals surface area contributed by atoms with Gasteiger partial charge in [-0.15, -0.1) is 0 Å². The summed E-state index contributed by atoms with van der Waals surface area (Å²) in [4.78, 5) is 14.2. The predicted molar refractivity (Wildman–Crippen MR) is 75.4 cm³/mol. The van der Waals surface area contributed by atoms with Crippen molar-refractivity contribution in [2.24, 2.45) is 5.73 Å². The topological polar surface area (TPSA) is 58.4 Å². The van der Waals surface area contributed by atoms with Gasteiger partial charge in [0.2, 0.25) is 5.91 Å². The predicted octanol–water partition coefficient (Wildman–Crippen LogP) is 1.49. The highest BCUT2D eigenvalue weighted by Gasteiger charge is 2.25. The van der Waals surface area contributed by atoms with Crippen molar-refractivity contribution in [2.45, 2.75) is 71.0 Å². The summed E-state index contributed by atoms with van der Waals surface area (Å²) in [6.45, 7) is 7.71. The number of carbonyl (C=O) groups excluding carboxylic acids is 1. The molecule has 106 valence electrons. The SMILES string of the molecule is CCCN(CC(=O)NC(C)C)C1CCC(N)CC1. The van der Waals surface area contributed by atoms with E-state index in [2.05, 4.69) is 17.1 Å². The summed E-state index contributed by atoms with van der Waals surface area (Å²) in [6.07, 6.45) is 5.55. The first-order chi connectivity index (χ1) is 8.52. The lowest BCUT2D eigenvalue weighted by atomic mass is 9.90. The first kappa shape index (κ1) is 15.4. The van der Waals surface area contributed by atoms with Gasteiger partial charge in [-0.2, -0.15) is 0 Å². The zero-order valence-corrected chi connectivity index (χ0v) is 12.1. The van der Waals surface area contributed by atoms with Gasteiger partial charge in [-0.05, 0) is 52.5 Å². The summed E-state index contributed by atoms with van der Waals surface area (Å²) in [6, 6.07) is 1.14. The number of carbonyl (C=O) groups is 1. The Bertz CT molecular complexity index is 247. The molecule has 0 aromatic heterocycles. The molecule has 4 heteroatoms. The fourth-order valence-corrected chi connectivity index (χ4v) is 2.70. The molecule has 18 heavy (non-hydrogen) atoms. The Morgan fingerprint density at radius 1 is 1.33 bits per heavy atom. The molecular formula is C14H29N3O. The lowest BCUT2D eigenvalue weighted by Crippen LogP contribution is -2.47. The molecule has 0 heterocycles. The lowest BCUT2D eigenvalue weighted by molar-refractivity contribution is -0.123. The zero-order valence-electron chi connectivity index (χ0n) is 12.1. The molecule has 4 nitrogen and oxygen atoms in total. The van der Waals surface area contributed by atoms with Crippen molar-refractivity contribution in [3.63, 3.8) is 0 Å². The molecule has 1 aliphatic carbocycles. The highest BCUT2D eigenvalue weighted by atomic mass is 16.2. The molecule has 3 N–H and O–H groups in total. The van der Waals surface area contributed by atoms with Crippen LogP contribution in [0.25, 0.3) is 0 Å². The highest BCUT2D eigenvalue weighted by molar-refractivity contribution is 5.78. The largest absolute Gasteiger partial charge is 0.353 e. The van der Waals surface area contributed by atoms with E-state index in [-0.39, 0.29) is 11.9 Å². The van der Waals surface area contributed by atoms with Crippen molar-refractivity contribution in [3.8, 4) is 0 Å². The van der Waals surface area contributed by atoms with Crippen LogP contribution in [0.1, 0.15) is 52.9 Å². The number of nitrogens with one attached hydrogen (secondary N) is 1. The molecule has 0 atom stereocenters. The van der Waals surface area contributed by atoms with E-state index in [0.717, 1.165) is 38.6 Å². The third-order valence-electron chi connectivity index (χ3n) is 3.56. The van der Waals surface area contributed by atoms with Crippen LogP contribution in [0.15, 0.2) is 0 Å². The third kappa shape index (κ3) is 5.36. The standard InChI is InChI=1S/C14H29N3O/c1-4-9-17(10-14(18)16-11(2)3)13-7-5-12(15)6-8-13/h11-13H,4-10,15H2,1-3H3,(H,16,18). The monoisotopic (exact) mass is 255 g/mol. The number of hydrogen-bond donors (Lipinski definition) is 2. The Balaban J connectivity index is 2.46. The van der Waals surface area contributed by atoms with E-state index >= 15 is 0 Å². The minimum Gasteiger partial charge on any atom is -0.353 e. The summed E-state index contributed by atoms with van der Waals surface area (Å²) in [5.74, 6) is 0.147. The fourth-order valence-electron chi connectivity index (χ4n) is 2.70. The second kappa shape index (κ2) is 7.74. The molecule has 0 unspecified atom stereocenters. The van der Waals surface area contributed by atoms with Gasteiger partial charge < -0.3 is 11.1 Å². The maximum Gasteiger partial charge on any atom is 0.234 e. The van der Waals surface area contributed by atoms with Crippen molar-refractivity contribution in [1.82, 2.24) is 10.2 Å². The summed E-state index contributed by atoms with van der Waals surface area (Å²) in [7, 11) is 0. The Morgan fingerprint density at radius 2 is 1.94 bits per heavy atom. The molecule has 0 aromatic carbocycles. The number of amides is 1. The van der Waals surface area contributed by atoms with E-state index in [1.54, 1.807) is 0 Å². The summed E-state index contributed by atoms with van der Waals surface area (Å²) < 4.78 is 0. The van der Waals surface area contributed by atoms with E-state index in [0.29, 0.717) is 18.6 Å². The van der Waals surface area contributed by atoms with Crippen LogP contribution in [0.4, 0.5) is 0 Å². The zero-order chi connectivity index (χ0) is 13.5. The van der Waals surface area contributed by atoms with Gasteiger partial charge in [-0.3, -0.25) is 9.69 Å². The van der Waals surface area contributed by atoms with Crippen molar-refractivity contribution in [3.05, 3.63) is 0 Å². The molecule has 1 fully saturated rings. The number of nitrogens with zero attached hydrogens (tertiary/aromatic N) is 1. The first-order valence-corrected chi connectivity index (χ1v) is 7.32. The Hall–Kier alpha value is -0.610. The summed E-state index contributed by atoms with van der Waals surface area (Å²) in [5, 5.41) is 2.97. The number of hydrogen-bond acceptors (Lipinski definition) is 3. The molecule has 1 aliphatic rings. The van der Waals surface area contributed by atoms with Gasteiger partial charge in [0.1, 0.15) is 0 Å². The quantitative estimate of drug-likeness (QED) is 0.756. The van der Waals surface area contributed by atoms with Gasteiger partial charge >= 0.3 is 0 Å². The molecule has 0 aliphatic heterocycles. The van der Waals surface area contributed by atoms with E-state index in [4.69, 9.17) is 5.73 Å². The van der Waals surface area contributed by atoms with Gasteiger partial charge in [0.15, 0.2) is 0 Å². The van der Waals surface area contributed by atoms with Gasteiger partial charge in [0.25, 0.3) is 0 Å². The number of nitrogens with two attached hydrogens (primary N) is 1. The Kier molecular flexibility index (Phi) is 6.65. The van der Waals surface area contributed by atoms with Gasteiger partial charge in [0, 0.05) is 18.1 Å². The van der Waals surface area contributed by atoms with Crippen LogP contribution in [-0.2, 0) is 4.79 Å². The molecular weight excluding hydrogens is 226 g/mol. The van der Waals surface area contributed by atoms with Crippen LogP contribution in [0.3, 0.4) is 0 Å². The summed E-state index contributed by atoms with van der Waals surface area (Å²) >= 11 is 0. The van der Waals surface area contributed by atoms with Gasteiger partial charge in [-0.25, -0.2) is 0 Å². The Labute approximate surface area is 111 Å². The average Bonchev–Trinajstić information content (AvgIpc) is 2.28. The van der Waals surface area contributed by atoms with E-state index in [9.17, 15) is 4.79 Å².